The van der Waals surface area contributed by atoms with Crippen LogP contribution in [0, 0.1) is 5.82 Å². The zero-order valence-electron chi connectivity index (χ0n) is 17.1. The molecular weight excluding hydrogens is 444 g/mol. The van der Waals surface area contributed by atoms with E-state index in [1.54, 1.807) is 24.4 Å². The van der Waals surface area contributed by atoms with Gasteiger partial charge in [-0.15, -0.1) is 0 Å². The van der Waals surface area contributed by atoms with Crippen molar-refractivity contribution in [2.45, 2.75) is 18.6 Å². The number of rotatable bonds is 5. The van der Waals surface area contributed by atoms with Crippen LogP contribution in [0.1, 0.15) is 17.2 Å². The first-order valence-electron chi connectivity index (χ1n) is 9.84. The first-order valence-corrected chi connectivity index (χ1v) is 9.84. The molecule has 0 bridgehead atoms. The van der Waals surface area contributed by atoms with E-state index in [4.69, 9.17) is 14.6 Å². The summed E-state index contributed by atoms with van der Waals surface area (Å²) in [5.41, 5.74) is 2.69. The van der Waals surface area contributed by atoms with Crippen molar-refractivity contribution in [1.82, 2.24) is 15.3 Å². The molecule has 11 heteroatoms. The maximum atomic E-state index is 13.0. The predicted octanol–water partition coefficient (Wildman–Crippen LogP) is 4.34. The molecule has 2 heterocycles. The Kier molecular flexibility index (Phi) is 7.78. The number of hydrogen-bond donors (Lipinski definition) is 3. The highest BCUT2D eigenvalue weighted by Gasteiger charge is 2.38. The van der Waals surface area contributed by atoms with Gasteiger partial charge in [0.25, 0.3) is 0 Å². The summed E-state index contributed by atoms with van der Waals surface area (Å²) < 4.78 is 50.4. The minimum atomic E-state index is -5.08. The van der Waals surface area contributed by atoms with Crippen molar-refractivity contribution in [3.05, 3.63) is 77.7 Å². The summed E-state index contributed by atoms with van der Waals surface area (Å²) >= 11 is 0. The van der Waals surface area contributed by atoms with Crippen LogP contribution in [0.5, 0.6) is 11.6 Å². The molecule has 1 aliphatic heterocycles. The lowest BCUT2D eigenvalue weighted by molar-refractivity contribution is -0.192. The summed E-state index contributed by atoms with van der Waals surface area (Å²) in [7, 11) is 0. The zero-order valence-corrected chi connectivity index (χ0v) is 17.1. The van der Waals surface area contributed by atoms with E-state index in [-0.39, 0.29) is 11.9 Å². The predicted molar refractivity (Wildman–Crippen MR) is 112 cm³/mol. The number of nitrogens with one attached hydrogen (secondary N) is 2. The summed E-state index contributed by atoms with van der Waals surface area (Å²) in [5, 5.41) is 13.9. The molecule has 7 nitrogen and oxygen atoms in total. The van der Waals surface area contributed by atoms with Gasteiger partial charge >= 0.3 is 12.1 Å². The van der Waals surface area contributed by atoms with Crippen LogP contribution in [-0.4, -0.2) is 40.3 Å². The van der Waals surface area contributed by atoms with E-state index < -0.39 is 12.1 Å². The van der Waals surface area contributed by atoms with Crippen molar-refractivity contribution in [3.8, 4) is 11.6 Å². The van der Waals surface area contributed by atoms with E-state index in [1.807, 2.05) is 0 Å². The quantitative estimate of drug-likeness (QED) is 0.484. The number of aliphatic carboxylic acids is 1. The minimum Gasteiger partial charge on any atom is -0.475 e. The van der Waals surface area contributed by atoms with Crippen LogP contribution in [-0.2, 0) is 11.2 Å². The number of carboxylic acids is 1. The van der Waals surface area contributed by atoms with Crippen molar-refractivity contribution < 1.29 is 32.2 Å². The van der Waals surface area contributed by atoms with E-state index in [0.717, 1.165) is 13.0 Å². The fourth-order valence-corrected chi connectivity index (χ4v) is 3.08. The third kappa shape index (κ3) is 7.14. The van der Waals surface area contributed by atoms with E-state index >= 15 is 0 Å². The molecular formula is C22H20F4N4O3. The molecule has 1 unspecified atom stereocenters. The maximum absolute atomic E-state index is 13.0. The molecule has 0 saturated heterocycles. The molecule has 0 fully saturated rings. The second-order valence-corrected chi connectivity index (χ2v) is 6.91. The first-order chi connectivity index (χ1) is 15.7. The standard InChI is InChI=1S/C20H19FN4O.C2HF3O2/c21-15-5-7-16(8-6-15)26-19-10-12-23-20(25-19)24-13-18-17-4-2-1-3-14(17)9-11-22-18;3-2(4,5)1(6)7/h1-8,10,12,18,22H,9,11,13H2,(H,23,24,25);(H,6,7). The molecule has 1 aromatic heterocycles. The topological polar surface area (TPSA) is 96.4 Å². The molecule has 0 radical (unpaired) electrons. The van der Waals surface area contributed by atoms with E-state index in [1.165, 1.54) is 23.3 Å². The Bertz CT molecular complexity index is 1080. The van der Waals surface area contributed by atoms with E-state index in [9.17, 15) is 17.6 Å². The summed E-state index contributed by atoms with van der Waals surface area (Å²) in [5.74, 6) is -1.63. The molecule has 0 amide bonds. The molecule has 0 aliphatic carbocycles. The summed E-state index contributed by atoms with van der Waals surface area (Å²) in [4.78, 5) is 17.5. The van der Waals surface area contributed by atoms with E-state index in [2.05, 4.69) is 44.9 Å². The Morgan fingerprint density at radius 3 is 2.55 bits per heavy atom. The Morgan fingerprint density at radius 2 is 1.85 bits per heavy atom. The molecule has 174 valence electrons. The molecule has 4 rings (SSSR count). The van der Waals surface area contributed by atoms with Crippen molar-refractivity contribution in [2.24, 2.45) is 0 Å². The fraction of sp³-hybridized carbons (Fsp3) is 0.227. The van der Waals surface area contributed by atoms with Crippen LogP contribution < -0.4 is 15.4 Å². The van der Waals surface area contributed by atoms with Gasteiger partial charge in [-0.3, -0.25) is 0 Å². The van der Waals surface area contributed by atoms with Gasteiger partial charge in [-0.05, 0) is 48.4 Å². The number of halogens is 4. The van der Waals surface area contributed by atoms with Gasteiger partial charge in [0.15, 0.2) is 0 Å². The lowest BCUT2D eigenvalue weighted by Crippen LogP contribution is -2.34. The number of benzene rings is 2. The molecule has 1 atom stereocenters. The number of hydrogen-bond acceptors (Lipinski definition) is 6. The van der Waals surface area contributed by atoms with Crippen LogP contribution in [0.15, 0.2) is 60.8 Å². The number of carbonyl (C=O) groups is 1. The molecule has 33 heavy (non-hydrogen) atoms. The monoisotopic (exact) mass is 464 g/mol. The van der Waals surface area contributed by atoms with Gasteiger partial charge < -0.3 is 20.5 Å². The van der Waals surface area contributed by atoms with Crippen LogP contribution in [0.2, 0.25) is 0 Å². The molecule has 3 N–H and O–H groups in total. The normalized spacial score (nSPS) is 15.0. The average molecular weight is 464 g/mol. The lowest BCUT2D eigenvalue weighted by Gasteiger charge is -2.27. The largest absolute Gasteiger partial charge is 0.490 e. The molecule has 0 saturated carbocycles. The Morgan fingerprint density at radius 1 is 1.15 bits per heavy atom. The van der Waals surface area contributed by atoms with E-state index in [0.29, 0.717) is 24.1 Å². The van der Waals surface area contributed by atoms with Crippen LogP contribution >= 0.6 is 0 Å². The fourth-order valence-electron chi connectivity index (χ4n) is 3.08. The van der Waals surface area contributed by atoms with Crippen LogP contribution in [0.3, 0.4) is 0 Å². The van der Waals surface area contributed by atoms with Gasteiger partial charge in [0, 0.05) is 24.8 Å². The summed E-state index contributed by atoms with van der Waals surface area (Å²) in [6.07, 6.45) is -2.40. The van der Waals surface area contributed by atoms with Crippen molar-refractivity contribution in [3.63, 3.8) is 0 Å². The van der Waals surface area contributed by atoms with Gasteiger partial charge in [-0.25, -0.2) is 14.2 Å². The Balaban J connectivity index is 0.000000383. The zero-order chi connectivity index (χ0) is 23.8. The van der Waals surface area contributed by atoms with Gasteiger partial charge in [-0.2, -0.15) is 18.2 Å². The van der Waals surface area contributed by atoms with Gasteiger partial charge in [0.2, 0.25) is 11.8 Å². The first kappa shape index (κ1) is 23.9. The second kappa shape index (κ2) is 10.7. The smallest absolute Gasteiger partial charge is 0.475 e. The van der Waals surface area contributed by atoms with Crippen molar-refractivity contribution in [2.75, 3.05) is 18.4 Å². The summed E-state index contributed by atoms with van der Waals surface area (Å²) in [6, 6.07) is 16.2. The molecule has 1 aliphatic rings. The van der Waals surface area contributed by atoms with Gasteiger partial charge in [0.05, 0.1) is 0 Å². The number of fused-ring (bicyclic) bond motifs is 1. The third-order valence-corrected chi connectivity index (χ3v) is 4.59. The third-order valence-electron chi connectivity index (χ3n) is 4.59. The lowest BCUT2D eigenvalue weighted by atomic mass is 9.94. The number of anilines is 1. The second-order valence-electron chi connectivity index (χ2n) is 6.91. The average Bonchev–Trinajstić information content (AvgIpc) is 2.79. The van der Waals surface area contributed by atoms with Crippen LogP contribution in [0.25, 0.3) is 0 Å². The maximum Gasteiger partial charge on any atom is 0.490 e. The van der Waals surface area contributed by atoms with Gasteiger partial charge in [0.1, 0.15) is 11.6 Å². The minimum absolute atomic E-state index is 0.213. The highest BCUT2D eigenvalue weighted by Crippen LogP contribution is 2.23. The van der Waals surface area contributed by atoms with Gasteiger partial charge in [-0.1, -0.05) is 24.3 Å². The van der Waals surface area contributed by atoms with Crippen molar-refractivity contribution >= 4 is 11.9 Å². The highest BCUT2D eigenvalue weighted by atomic mass is 19.4. The Hall–Kier alpha value is -3.73. The number of ether oxygens (including phenoxy) is 1. The number of nitrogens with zero attached hydrogens (tertiary/aromatic N) is 2. The SMILES string of the molecule is Fc1ccc(Oc2ccnc(NCC3NCCc4ccccc43)n2)cc1.O=C(O)C(F)(F)F. The molecule has 0 spiro atoms. The van der Waals surface area contributed by atoms with Crippen LogP contribution in [0.4, 0.5) is 23.5 Å². The number of alkyl halides is 3. The number of carboxylic acid groups (broad SMARTS) is 1. The Labute approximate surface area is 186 Å². The van der Waals surface area contributed by atoms with Crippen molar-refractivity contribution in [1.29, 1.82) is 0 Å². The highest BCUT2D eigenvalue weighted by molar-refractivity contribution is 5.73. The number of aromatic nitrogens is 2. The molecule has 3 aromatic rings. The summed E-state index contributed by atoms with van der Waals surface area (Å²) in [6.45, 7) is 1.63. The molecule has 2 aromatic carbocycles.